The highest BCUT2D eigenvalue weighted by atomic mass is 19.1. The van der Waals surface area contributed by atoms with Crippen LogP contribution in [0.25, 0.3) is 0 Å². The maximum absolute atomic E-state index is 13.7. The number of guanidine groups is 1. The number of nitrogens with zero attached hydrogens (tertiary/aromatic N) is 3. The minimum Gasteiger partial charge on any atom is -0.490 e. The minimum atomic E-state index is -0.318. The molecule has 1 aromatic carbocycles. The van der Waals surface area contributed by atoms with Gasteiger partial charge in [-0.25, -0.2) is 9.38 Å². The molecule has 1 aliphatic rings. The van der Waals surface area contributed by atoms with Gasteiger partial charge in [-0.3, -0.25) is 4.98 Å². The van der Waals surface area contributed by atoms with Gasteiger partial charge in [0.25, 0.3) is 0 Å². The van der Waals surface area contributed by atoms with Crippen LogP contribution in [-0.4, -0.2) is 41.6 Å². The van der Waals surface area contributed by atoms with Gasteiger partial charge in [-0.05, 0) is 31.2 Å². The van der Waals surface area contributed by atoms with Gasteiger partial charge in [0, 0.05) is 38.7 Å². The zero-order valence-electron chi connectivity index (χ0n) is 15.1. The quantitative estimate of drug-likeness (QED) is 0.660. The van der Waals surface area contributed by atoms with E-state index < -0.39 is 0 Å². The molecule has 138 valence electrons. The molecular weight excluding hydrogens is 331 g/mol. The van der Waals surface area contributed by atoms with Crippen molar-refractivity contribution in [1.82, 2.24) is 15.2 Å². The van der Waals surface area contributed by atoms with Crippen LogP contribution in [0, 0.1) is 5.82 Å². The first-order valence-corrected chi connectivity index (χ1v) is 9.10. The van der Waals surface area contributed by atoms with E-state index in [0.29, 0.717) is 5.69 Å². The van der Waals surface area contributed by atoms with E-state index in [1.54, 1.807) is 12.3 Å². The van der Waals surface area contributed by atoms with Crippen molar-refractivity contribution in [2.24, 2.45) is 4.99 Å². The topological polar surface area (TPSA) is 49.8 Å². The number of para-hydroxylation sites is 1. The fourth-order valence-corrected chi connectivity index (χ4v) is 2.99. The summed E-state index contributed by atoms with van der Waals surface area (Å²) in [4.78, 5) is 10.8. The third-order valence-corrected chi connectivity index (χ3v) is 4.34. The van der Waals surface area contributed by atoms with Gasteiger partial charge in [-0.2, -0.15) is 0 Å². The maximum atomic E-state index is 13.7. The Balaban J connectivity index is 1.57. The Labute approximate surface area is 153 Å². The number of rotatable bonds is 5. The normalized spacial score (nSPS) is 15.8. The molecule has 0 atom stereocenters. The van der Waals surface area contributed by atoms with Gasteiger partial charge in [0.15, 0.2) is 5.96 Å². The largest absolute Gasteiger partial charge is 0.490 e. The van der Waals surface area contributed by atoms with Crippen LogP contribution < -0.4 is 10.1 Å². The van der Waals surface area contributed by atoms with Crippen LogP contribution >= 0.6 is 0 Å². The van der Waals surface area contributed by atoms with E-state index in [1.165, 1.54) is 6.07 Å². The summed E-state index contributed by atoms with van der Waals surface area (Å²) in [5.74, 6) is 1.40. The Morgan fingerprint density at radius 1 is 1.23 bits per heavy atom. The van der Waals surface area contributed by atoms with Crippen molar-refractivity contribution < 1.29 is 9.13 Å². The van der Waals surface area contributed by atoms with Gasteiger partial charge >= 0.3 is 0 Å². The fraction of sp³-hybridized carbons (Fsp3) is 0.400. The number of pyridine rings is 1. The second-order valence-corrected chi connectivity index (χ2v) is 6.22. The first-order valence-electron chi connectivity index (χ1n) is 9.10. The fourth-order valence-electron chi connectivity index (χ4n) is 2.99. The molecule has 1 fully saturated rings. The van der Waals surface area contributed by atoms with E-state index >= 15 is 0 Å². The SMILES string of the molecule is CCNC(=NCc1ncccc1F)N1CCC(Oc2ccccc2)CC1. The molecule has 0 saturated carbocycles. The van der Waals surface area contributed by atoms with Crippen LogP contribution in [0.2, 0.25) is 0 Å². The average Bonchev–Trinajstić information content (AvgIpc) is 2.68. The van der Waals surface area contributed by atoms with E-state index in [-0.39, 0.29) is 18.5 Å². The molecule has 5 nitrogen and oxygen atoms in total. The molecule has 6 heteroatoms. The van der Waals surface area contributed by atoms with Gasteiger partial charge in [0.1, 0.15) is 17.7 Å². The summed E-state index contributed by atoms with van der Waals surface area (Å²) in [5.41, 5.74) is 0.366. The molecule has 0 radical (unpaired) electrons. The predicted molar refractivity (Wildman–Crippen MR) is 101 cm³/mol. The van der Waals surface area contributed by atoms with E-state index in [9.17, 15) is 4.39 Å². The van der Waals surface area contributed by atoms with Crippen molar-refractivity contribution in [3.8, 4) is 5.75 Å². The summed E-state index contributed by atoms with van der Waals surface area (Å²) in [6.07, 6.45) is 3.66. The first-order chi connectivity index (χ1) is 12.8. The van der Waals surface area contributed by atoms with Crippen LogP contribution in [0.4, 0.5) is 4.39 Å². The third kappa shape index (κ3) is 4.94. The van der Waals surface area contributed by atoms with Gasteiger partial charge in [-0.1, -0.05) is 18.2 Å². The summed E-state index contributed by atoms with van der Waals surface area (Å²) in [5, 5.41) is 3.29. The number of aliphatic imine (C=N–C) groups is 1. The van der Waals surface area contributed by atoms with E-state index in [4.69, 9.17) is 4.74 Å². The zero-order chi connectivity index (χ0) is 18.2. The van der Waals surface area contributed by atoms with Gasteiger partial charge in [0.05, 0.1) is 12.2 Å². The highest BCUT2D eigenvalue weighted by Crippen LogP contribution is 2.18. The third-order valence-electron chi connectivity index (χ3n) is 4.34. The van der Waals surface area contributed by atoms with E-state index in [0.717, 1.165) is 44.2 Å². The summed E-state index contributed by atoms with van der Waals surface area (Å²) in [6, 6.07) is 12.9. The van der Waals surface area contributed by atoms with Crippen LogP contribution in [0.5, 0.6) is 5.75 Å². The highest BCUT2D eigenvalue weighted by molar-refractivity contribution is 5.80. The van der Waals surface area contributed by atoms with Crippen molar-refractivity contribution in [1.29, 1.82) is 0 Å². The number of likely N-dealkylation sites (tertiary alicyclic amines) is 1. The molecule has 1 aliphatic heterocycles. The van der Waals surface area contributed by atoms with E-state index in [2.05, 4.69) is 20.2 Å². The Kier molecular flexibility index (Phi) is 6.41. The molecule has 3 rings (SSSR count). The molecule has 0 amide bonds. The molecular formula is C20H25FN4O. The van der Waals surface area contributed by atoms with Crippen molar-refractivity contribution in [3.63, 3.8) is 0 Å². The monoisotopic (exact) mass is 356 g/mol. The number of nitrogens with one attached hydrogen (secondary N) is 1. The summed E-state index contributed by atoms with van der Waals surface area (Å²) < 4.78 is 19.8. The molecule has 2 heterocycles. The Hall–Kier alpha value is -2.63. The Morgan fingerprint density at radius 2 is 2.00 bits per heavy atom. The lowest BCUT2D eigenvalue weighted by Gasteiger charge is -2.34. The number of aromatic nitrogens is 1. The molecule has 0 bridgehead atoms. The van der Waals surface area contributed by atoms with Crippen LogP contribution in [-0.2, 0) is 6.54 Å². The van der Waals surface area contributed by atoms with Crippen molar-refractivity contribution in [2.45, 2.75) is 32.4 Å². The van der Waals surface area contributed by atoms with Gasteiger partial charge in [0.2, 0.25) is 0 Å². The molecule has 0 unspecified atom stereocenters. The standard InChI is InChI=1S/C20H25FN4O/c1-2-22-20(24-15-19-18(21)9-6-12-23-19)25-13-10-17(11-14-25)26-16-7-4-3-5-8-16/h3-9,12,17H,2,10-11,13-15H2,1H3,(H,22,24). The Bertz CT molecular complexity index is 715. The number of benzene rings is 1. The molecule has 0 spiro atoms. The molecule has 2 aromatic rings. The second kappa shape index (κ2) is 9.17. The minimum absolute atomic E-state index is 0.213. The number of hydrogen-bond donors (Lipinski definition) is 1. The summed E-state index contributed by atoms with van der Waals surface area (Å²) >= 11 is 0. The number of ether oxygens (including phenoxy) is 1. The van der Waals surface area contributed by atoms with Crippen molar-refractivity contribution in [2.75, 3.05) is 19.6 Å². The lowest BCUT2D eigenvalue weighted by molar-refractivity contribution is 0.129. The smallest absolute Gasteiger partial charge is 0.194 e. The van der Waals surface area contributed by atoms with Crippen LogP contribution in [0.15, 0.2) is 53.7 Å². The van der Waals surface area contributed by atoms with Crippen molar-refractivity contribution in [3.05, 3.63) is 60.2 Å². The summed E-state index contributed by atoms with van der Waals surface area (Å²) in [7, 11) is 0. The molecule has 1 N–H and O–H groups in total. The molecule has 1 saturated heterocycles. The second-order valence-electron chi connectivity index (χ2n) is 6.22. The number of halogens is 1. The van der Waals surface area contributed by atoms with Gasteiger partial charge < -0.3 is 15.0 Å². The molecule has 0 aliphatic carbocycles. The first kappa shape index (κ1) is 18.2. The predicted octanol–water partition coefficient (Wildman–Crippen LogP) is 3.23. The zero-order valence-corrected chi connectivity index (χ0v) is 15.1. The highest BCUT2D eigenvalue weighted by Gasteiger charge is 2.22. The van der Waals surface area contributed by atoms with E-state index in [1.807, 2.05) is 37.3 Å². The lowest BCUT2D eigenvalue weighted by atomic mass is 10.1. The molecule has 1 aromatic heterocycles. The number of piperidine rings is 1. The van der Waals surface area contributed by atoms with Crippen molar-refractivity contribution >= 4 is 5.96 Å². The average molecular weight is 356 g/mol. The van der Waals surface area contributed by atoms with Gasteiger partial charge in [-0.15, -0.1) is 0 Å². The van der Waals surface area contributed by atoms with Crippen LogP contribution in [0.1, 0.15) is 25.5 Å². The lowest BCUT2D eigenvalue weighted by Crippen LogP contribution is -2.47. The number of hydrogen-bond acceptors (Lipinski definition) is 3. The maximum Gasteiger partial charge on any atom is 0.194 e. The Morgan fingerprint density at radius 3 is 2.69 bits per heavy atom. The molecule has 26 heavy (non-hydrogen) atoms. The summed E-state index contributed by atoms with van der Waals surface area (Å²) in [6.45, 7) is 4.74. The van der Waals surface area contributed by atoms with Crippen LogP contribution in [0.3, 0.4) is 0 Å².